The van der Waals surface area contributed by atoms with Crippen molar-refractivity contribution in [1.29, 1.82) is 5.26 Å². The molecular weight excluding hydrogens is 212 g/mol. The van der Waals surface area contributed by atoms with Gasteiger partial charge in [0.1, 0.15) is 0 Å². The van der Waals surface area contributed by atoms with Crippen molar-refractivity contribution in [3.05, 3.63) is 0 Å². The largest absolute Gasteiger partial charge is 0.383 e. The molecule has 17 heavy (non-hydrogen) atoms. The maximum absolute atomic E-state index is 8.89. The smallest absolute Gasteiger partial charge is 0.0628 e. The second kappa shape index (κ2) is 6.98. The van der Waals surface area contributed by atoms with E-state index in [1.54, 1.807) is 7.11 Å². The molecule has 0 heterocycles. The van der Waals surface area contributed by atoms with Gasteiger partial charge in [-0.1, -0.05) is 13.8 Å². The molecule has 0 spiro atoms. The maximum Gasteiger partial charge on any atom is 0.0628 e. The molecule has 1 aliphatic rings. The van der Waals surface area contributed by atoms with E-state index in [1.807, 2.05) is 0 Å². The number of rotatable bonds is 9. The van der Waals surface area contributed by atoms with Crippen molar-refractivity contribution in [2.75, 3.05) is 26.8 Å². The Hall–Kier alpha value is -0.590. The third-order valence-corrected chi connectivity index (χ3v) is 3.99. The Morgan fingerprint density at radius 1 is 1.35 bits per heavy atom. The van der Waals surface area contributed by atoms with E-state index >= 15 is 0 Å². The second-order valence-corrected chi connectivity index (χ2v) is 5.27. The summed E-state index contributed by atoms with van der Waals surface area (Å²) in [4.78, 5) is 2.54. The molecule has 0 amide bonds. The molecule has 1 fully saturated rings. The van der Waals surface area contributed by atoms with Crippen LogP contribution < -0.4 is 0 Å². The minimum atomic E-state index is 0.311. The molecule has 1 saturated carbocycles. The highest BCUT2D eigenvalue weighted by Crippen LogP contribution is 2.49. The molecule has 0 atom stereocenters. The van der Waals surface area contributed by atoms with Crippen LogP contribution in [0.5, 0.6) is 0 Å². The Kier molecular flexibility index (Phi) is 5.94. The van der Waals surface area contributed by atoms with Gasteiger partial charge in [0.15, 0.2) is 0 Å². The highest BCUT2D eigenvalue weighted by Gasteiger charge is 2.44. The first kappa shape index (κ1) is 14.5. The molecule has 3 heteroatoms. The number of hydrogen-bond donors (Lipinski definition) is 0. The summed E-state index contributed by atoms with van der Waals surface area (Å²) in [6.45, 7) is 7.36. The molecular formula is C14H26N2O. The Labute approximate surface area is 106 Å². The average molecular weight is 238 g/mol. The van der Waals surface area contributed by atoms with Gasteiger partial charge >= 0.3 is 0 Å². The van der Waals surface area contributed by atoms with Crippen LogP contribution in [0, 0.1) is 16.7 Å². The lowest BCUT2D eigenvalue weighted by molar-refractivity contribution is 0.0975. The molecule has 0 N–H and O–H groups in total. The molecule has 0 bridgehead atoms. The number of nitriles is 1. The molecule has 98 valence electrons. The van der Waals surface area contributed by atoms with E-state index in [0.29, 0.717) is 11.5 Å². The normalized spacial score (nSPS) is 17.4. The van der Waals surface area contributed by atoms with Gasteiger partial charge in [0, 0.05) is 32.7 Å². The van der Waals surface area contributed by atoms with Crippen LogP contribution in [0.4, 0.5) is 0 Å². The van der Waals surface area contributed by atoms with Crippen LogP contribution in [0.15, 0.2) is 0 Å². The molecule has 3 nitrogen and oxygen atoms in total. The van der Waals surface area contributed by atoms with E-state index in [4.69, 9.17) is 10.00 Å². The van der Waals surface area contributed by atoms with Crippen LogP contribution in [0.3, 0.4) is 0 Å². The summed E-state index contributed by atoms with van der Waals surface area (Å²) in [5, 5.41) is 8.89. The SMILES string of the molecule is CCC(CC)N(CCOC)CC1(CC#N)CC1. The number of hydrogen-bond acceptors (Lipinski definition) is 3. The highest BCUT2D eigenvalue weighted by atomic mass is 16.5. The zero-order valence-corrected chi connectivity index (χ0v) is 11.5. The lowest BCUT2D eigenvalue weighted by Crippen LogP contribution is -2.40. The lowest BCUT2D eigenvalue weighted by atomic mass is 10.0. The zero-order chi connectivity index (χ0) is 12.7. The number of methoxy groups -OCH3 is 1. The van der Waals surface area contributed by atoms with E-state index in [9.17, 15) is 0 Å². The van der Waals surface area contributed by atoms with Crippen LogP contribution in [-0.4, -0.2) is 37.7 Å². The second-order valence-electron chi connectivity index (χ2n) is 5.27. The van der Waals surface area contributed by atoms with Crippen LogP contribution >= 0.6 is 0 Å². The maximum atomic E-state index is 8.89. The van der Waals surface area contributed by atoms with Gasteiger partial charge in [-0.25, -0.2) is 0 Å². The van der Waals surface area contributed by atoms with Gasteiger partial charge in [0.2, 0.25) is 0 Å². The van der Waals surface area contributed by atoms with Crippen LogP contribution in [0.1, 0.15) is 46.0 Å². The zero-order valence-electron chi connectivity index (χ0n) is 11.5. The topological polar surface area (TPSA) is 36.3 Å². The Morgan fingerprint density at radius 2 is 2.00 bits per heavy atom. The monoisotopic (exact) mass is 238 g/mol. The Bertz CT molecular complexity index is 251. The average Bonchev–Trinajstić information content (AvgIpc) is 3.07. The van der Waals surface area contributed by atoms with Crippen LogP contribution in [0.25, 0.3) is 0 Å². The first-order valence-corrected chi connectivity index (χ1v) is 6.81. The van der Waals surface area contributed by atoms with E-state index < -0.39 is 0 Å². The van der Waals surface area contributed by atoms with Crippen molar-refractivity contribution in [2.45, 2.75) is 52.0 Å². The van der Waals surface area contributed by atoms with Crippen molar-refractivity contribution in [3.8, 4) is 6.07 Å². The predicted octanol–water partition coefficient (Wildman–Crippen LogP) is 2.82. The quantitative estimate of drug-likeness (QED) is 0.619. The lowest BCUT2D eigenvalue weighted by Gasteiger charge is -2.33. The predicted molar refractivity (Wildman–Crippen MR) is 69.7 cm³/mol. The fraction of sp³-hybridized carbons (Fsp3) is 0.929. The summed E-state index contributed by atoms with van der Waals surface area (Å²) in [6.07, 6.45) is 5.54. The van der Waals surface area contributed by atoms with Gasteiger partial charge in [0.25, 0.3) is 0 Å². The van der Waals surface area contributed by atoms with E-state index in [2.05, 4.69) is 24.8 Å². The van der Waals surface area contributed by atoms with Gasteiger partial charge in [-0.2, -0.15) is 5.26 Å². The summed E-state index contributed by atoms with van der Waals surface area (Å²) >= 11 is 0. The molecule has 0 aliphatic heterocycles. The molecule has 0 saturated heterocycles. The Morgan fingerprint density at radius 3 is 2.41 bits per heavy atom. The van der Waals surface area contributed by atoms with Crippen molar-refractivity contribution < 1.29 is 4.74 Å². The molecule has 1 rings (SSSR count). The third-order valence-electron chi connectivity index (χ3n) is 3.99. The van der Waals surface area contributed by atoms with Crippen LogP contribution in [0.2, 0.25) is 0 Å². The minimum absolute atomic E-state index is 0.311. The molecule has 0 unspecified atom stereocenters. The van der Waals surface area contributed by atoms with Crippen LogP contribution in [-0.2, 0) is 4.74 Å². The number of nitrogens with zero attached hydrogens (tertiary/aromatic N) is 2. The fourth-order valence-electron chi connectivity index (χ4n) is 2.57. The van der Waals surface area contributed by atoms with Crippen molar-refractivity contribution >= 4 is 0 Å². The van der Waals surface area contributed by atoms with Gasteiger partial charge in [-0.15, -0.1) is 0 Å². The standard InChI is InChI=1S/C14H26N2O/c1-4-13(5-2)16(10-11-17-3)12-14(6-7-14)8-9-15/h13H,4-8,10-12H2,1-3H3. The molecule has 0 aromatic carbocycles. The van der Waals surface area contributed by atoms with Gasteiger partial charge in [0.05, 0.1) is 12.7 Å². The highest BCUT2D eigenvalue weighted by molar-refractivity contribution is 5.01. The van der Waals surface area contributed by atoms with E-state index in [0.717, 1.165) is 26.1 Å². The van der Waals surface area contributed by atoms with E-state index in [-0.39, 0.29) is 0 Å². The summed E-state index contributed by atoms with van der Waals surface area (Å²) in [5.74, 6) is 0. The number of ether oxygens (including phenoxy) is 1. The first-order valence-electron chi connectivity index (χ1n) is 6.81. The Balaban J connectivity index is 2.53. The fourth-order valence-corrected chi connectivity index (χ4v) is 2.57. The minimum Gasteiger partial charge on any atom is -0.383 e. The molecule has 1 aliphatic carbocycles. The summed E-state index contributed by atoms with van der Waals surface area (Å²) < 4.78 is 5.20. The molecule has 0 aromatic heterocycles. The summed E-state index contributed by atoms with van der Waals surface area (Å²) in [5.41, 5.74) is 0.311. The van der Waals surface area contributed by atoms with Crippen molar-refractivity contribution in [3.63, 3.8) is 0 Å². The third kappa shape index (κ3) is 4.29. The summed E-state index contributed by atoms with van der Waals surface area (Å²) in [6, 6.07) is 2.99. The van der Waals surface area contributed by atoms with Crippen molar-refractivity contribution in [1.82, 2.24) is 4.90 Å². The summed E-state index contributed by atoms with van der Waals surface area (Å²) in [7, 11) is 1.76. The first-order chi connectivity index (χ1) is 8.21. The van der Waals surface area contributed by atoms with E-state index in [1.165, 1.54) is 25.7 Å². The van der Waals surface area contributed by atoms with Gasteiger partial charge in [-0.3, -0.25) is 4.90 Å². The molecule has 0 radical (unpaired) electrons. The van der Waals surface area contributed by atoms with Crippen molar-refractivity contribution in [2.24, 2.45) is 5.41 Å². The van der Waals surface area contributed by atoms with Gasteiger partial charge in [-0.05, 0) is 31.1 Å². The van der Waals surface area contributed by atoms with Gasteiger partial charge < -0.3 is 4.74 Å². The molecule has 0 aromatic rings.